The normalized spacial score (nSPS) is 10.0. The van der Waals surface area contributed by atoms with Crippen molar-refractivity contribution >= 4 is 5.82 Å². The highest BCUT2D eigenvalue weighted by Gasteiger charge is 2.06. The van der Waals surface area contributed by atoms with Gasteiger partial charge in [-0.05, 0) is 12.1 Å². The van der Waals surface area contributed by atoms with Crippen molar-refractivity contribution < 1.29 is 4.42 Å². The molecule has 0 saturated heterocycles. The monoisotopic (exact) mass is 277 g/mol. The van der Waals surface area contributed by atoms with Gasteiger partial charge in [0.2, 0.25) is 5.89 Å². The Morgan fingerprint density at radius 1 is 1.10 bits per heavy atom. The highest BCUT2D eigenvalue weighted by atomic mass is 16.4. The number of anilines is 1. The maximum atomic E-state index is 8.65. The Morgan fingerprint density at radius 3 is 2.67 bits per heavy atom. The van der Waals surface area contributed by atoms with E-state index in [0.717, 1.165) is 11.3 Å². The molecule has 0 aliphatic rings. The average Bonchev–Trinajstić information content (AvgIpc) is 3.03. The third-order valence-corrected chi connectivity index (χ3v) is 2.81. The Hall–Kier alpha value is -3.20. The van der Waals surface area contributed by atoms with Crippen molar-refractivity contribution in [2.24, 2.45) is 0 Å². The Kier molecular flexibility index (Phi) is 3.56. The molecule has 21 heavy (non-hydrogen) atoms. The molecule has 0 fully saturated rings. The van der Waals surface area contributed by atoms with Crippen LogP contribution < -0.4 is 5.32 Å². The first-order chi connectivity index (χ1) is 10.3. The van der Waals surface area contributed by atoms with Crippen molar-refractivity contribution in [1.82, 2.24) is 15.2 Å². The van der Waals surface area contributed by atoms with Gasteiger partial charge in [-0.1, -0.05) is 30.3 Å². The molecule has 2 heterocycles. The van der Waals surface area contributed by atoms with Gasteiger partial charge in [0.25, 0.3) is 0 Å². The lowest BCUT2D eigenvalue weighted by atomic mass is 10.2. The molecular weight excluding hydrogens is 266 g/mol. The zero-order valence-electron chi connectivity index (χ0n) is 11.0. The number of rotatable bonds is 4. The first-order valence-electron chi connectivity index (χ1n) is 6.33. The van der Waals surface area contributed by atoms with Crippen molar-refractivity contribution in [2.45, 2.75) is 6.54 Å². The van der Waals surface area contributed by atoms with E-state index in [1.807, 2.05) is 36.4 Å². The van der Waals surface area contributed by atoms with Gasteiger partial charge in [0.1, 0.15) is 11.9 Å². The van der Waals surface area contributed by atoms with E-state index in [9.17, 15) is 0 Å². The second-order valence-corrected chi connectivity index (χ2v) is 4.25. The summed E-state index contributed by atoms with van der Waals surface area (Å²) in [5.74, 6) is 1.84. The molecule has 102 valence electrons. The average molecular weight is 277 g/mol. The van der Waals surface area contributed by atoms with Gasteiger partial charge in [-0.15, -0.1) is 10.2 Å². The molecule has 1 aromatic carbocycles. The molecule has 0 saturated carbocycles. The van der Waals surface area contributed by atoms with Gasteiger partial charge in [-0.3, -0.25) is 0 Å². The Balaban J connectivity index is 1.66. The molecule has 0 spiro atoms. The van der Waals surface area contributed by atoms with E-state index < -0.39 is 0 Å². The van der Waals surface area contributed by atoms with Gasteiger partial charge in [0.05, 0.1) is 12.7 Å². The molecule has 3 rings (SSSR count). The maximum absolute atomic E-state index is 8.65. The van der Waals surface area contributed by atoms with Crippen LogP contribution in [0.15, 0.2) is 53.1 Å². The first-order valence-corrected chi connectivity index (χ1v) is 6.33. The molecule has 3 aromatic rings. The van der Waals surface area contributed by atoms with E-state index in [4.69, 9.17) is 9.68 Å². The number of aromatic nitrogens is 3. The number of nitrogens with one attached hydrogen (secondary N) is 1. The predicted octanol–water partition coefficient (Wildman–Crippen LogP) is 2.62. The molecule has 0 atom stereocenters. The summed E-state index contributed by atoms with van der Waals surface area (Å²) in [6, 6.07) is 15.0. The standard InChI is InChI=1S/C15H11N5O/c16-8-12-6-7-14(20-19-12)17-10-15-18-9-13(21-15)11-4-2-1-3-5-11/h1-7,9H,10H2,(H,17,20). The van der Waals surface area contributed by atoms with Crippen molar-refractivity contribution in [3.8, 4) is 17.4 Å². The molecule has 1 N–H and O–H groups in total. The number of benzene rings is 1. The summed E-state index contributed by atoms with van der Waals surface area (Å²) >= 11 is 0. The van der Waals surface area contributed by atoms with Gasteiger partial charge in [0, 0.05) is 5.56 Å². The molecule has 0 aliphatic carbocycles. The van der Waals surface area contributed by atoms with Crippen LogP contribution >= 0.6 is 0 Å². The molecule has 0 amide bonds. The van der Waals surface area contributed by atoms with Crippen LogP contribution in [0.25, 0.3) is 11.3 Å². The molecule has 0 radical (unpaired) electrons. The van der Waals surface area contributed by atoms with E-state index in [-0.39, 0.29) is 5.69 Å². The van der Waals surface area contributed by atoms with E-state index in [1.54, 1.807) is 18.3 Å². The quantitative estimate of drug-likeness (QED) is 0.788. The summed E-state index contributed by atoms with van der Waals surface area (Å²) in [5, 5.41) is 19.3. The van der Waals surface area contributed by atoms with Crippen molar-refractivity contribution in [1.29, 1.82) is 5.26 Å². The minimum Gasteiger partial charge on any atom is -0.439 e. The SMILES string of the molecule is N#Cc1ccc(NCc2ncc(-c3ccccc3)o2)nn1. The van der Waals surface area contributed by atoms with Crippen molar-refractivity contribution in [3.63, 3.8) is 0 Å². The lowest BCUT2D eigenvalue weighted by molar-refractivity contribution is 0.515. The van der Waals surface area contributed by atoms with Crippen molar-refractivity contribution in [2.75, 3.05) is 5.32 Å². The van der Waals surface area contributed by atoms with Gasteiger partial charge in [-0.25, -0.2) is 4.98 Å². The second-order valence-electron chi connectivity index (χ2n) is 4.25. The van der Waals surface area contributed by atoms with Gasteiger partial charge < -0.3 is 9.73 Å². The third kappa shape index (κ3) is 3.04. The van der Waals surface area contributed by atoms with Crippen LogP contribution in [0.3, 0.4) is 0 Å². The van der Waals surface area contributed by atoms with Crippen LogP contribution in [0.2, 0.25) is 0 Å². The van der Waals surface area contributed by atoms with E-state index in [2.05, 4.69) is 20.5 Å². The number of hydrogen-bond acceptors (Lipinski definition) is 6. The topological polar surface area (TPSA) is 87.6 Å². The van der Waals surface area contributed by atoms with Crippen LogP contribution in [0.4, 0.5) is 5.82 Å². The summed E-state index contributed by atoms with van der Waals surface area (Å²) < 4.78 is 5.66. The van der Waals surface area contributed by atoms with Crippen LogP contribution in [0, 0.1) is 11.3 Å². The maximum Gasteiger partial charge on any atom is 0.214 e. The molecule has 0 bridgehead atoms. The Bertz CT molecular complexity index is 759. The fourth-order valence-corrected chi connectivity index (χ4v) is 1.78. The predicted molar refractivity (Wildman–Crippen MR) is 76.0 cm³/mol. The summed E-state index contributed by atoms with van der Waals surface area (Å²) in [6.45, 7) is 0.396. The molecule has 2 aromatic heterocycles. The fourth-order valence-electron chi connectivity index (χ4n) is 1.78. The zero-order valence-corrected chi connectivity index (χ0v) is 11.0. The summed E-state index contributed by atoms with van der Waals surface area (Å²) in [6.07, 6.45) is 1.69. The van der Waals surface area contributed by atoms with Gasteiger partial charge in [-0.2, -0.15) is 5.26 Å². The number of nitrogens with zero attached hydrogens (tertiary/aromatic N) is 4. The number of hydrogen-bond donors (Lipinski definition) is 1. The minimum absolute atomic E-state index is 0.281. The third-order valence-electron chi connectivity index (χ3n) is 2.81. The Labute approximate surface area is 121 Å². The highest BCUT2D eigenvalue weighted by Crippen LogP contribution is 2.19. The van der Waals surface area contributed by atoms with E-state index in [1.165, 1.54) is 0 Å². The number of oxazole rings is 1. The van der Waals surface area contributed by atoms with Crippen molar-refractivity contribution in [3.05, 3.63) is 60.2 Å². The minimum atomic E-state index is 0.281. The lowest BCUT2D eigenvalue weighted by Crippen LogP contribution is -2.02. The van der Waals surface area contributed by atoms with E-state index in [0.29, 0.717) is 18.3 Å². The molecule has 6 nitrogen and oxygen atoms in total. The van der Waals surface area contributed by atoms with Gasteiger partial charge in [0.15, 0.2) is 11.5 Å². The lowest BCUT2D eigenvalue weighted by Gasteiger charge is -2.01. The summed E-state index contributed by atoms with van der Waals surface area (Å²) in [4.78, 5) is 4.21. The van der Waals surface area contributed by atoms with Crippen LogP contribution in [-0.4, -0.2) is 15.2 Å². The van der Waals surface area contributed by atoms with Gasteiger partial charge >= 0.3 is 0 Å². The van der Waals surface area contributed by atoms with Crippen LogP contribution in [0.5, 0.6) is 0 Å². The fraction of sp³-hybridized carbons (Fsp3) is 0.0667. The zero-order chi connectivity index (χ0) is 14.5. The summed E-state index contributed by atoms with van der Waals surface area (Å²) in [7, 11) is 0. The molecular formula is C15H11N5O. The first kappa shape index (κ1) is 12.8. The Morgan fingerprint density at radius 2 is 1.95 bits per heavy atom. The molecule has 0 unspecified atom stereocenters. The smallest absolute Gasteiger partial charge is 0.214 e. The molecule has 6 heteroatoms. The summed E-state index contributed by atoms with van der Waals surface area (Å²) in [5.41, 5.74) is 1.26. The highest BCUT2D eigenvalue weighted by molar-refractivity contribution is 5.55. The largest absolute Gasteiger partial charge is 0.439 e. The van der Waals surface area contributed by atoms with E-state index >= 15 is 0 Å². The molecule has 0 aliphatic heterocycles. The second kappa shape index (κ2) is 5.84. The number of nitriles is 1. The van der Waals surface area contributed by atoms with Crippen LogP contribution in [-0.2, 0) is 6.54 Å². The van der Waals surface area contributed by atoms with Crippen LogP contribution in [0.1, 0.15) is 11.6 Å².